The summed E-state index contributed by atoms with van der Waals surface area (Å²) in [5, 5.41) is 8.79. The molecule has 1 aromatic heterocycles. The fourth-order valence-corrected chi connectivity index (χ4v) is 4.46. The molecule has 0 aliphatic heterocycles. The fourth-order valence-electron chi connectivity index (χ4n) is 3.53. The zero-order chi connectivity index (χ0) is 16.6. The first-order valence-corrected chi connectivity index (χ1v) is 9.33. The van der Waals surface area contributed by atoms with Crippen molar-refractivity contribution in [3.05, 3.63) is 95.4 Å². The maximum Gasteiger partial charge on any atom is 0.0348 e. The summed E-state index contributed by atoms with van der Waals surface area (Å²) in [6, 6.07) is 28.2. The highest BCUT2D eigenvalue weighted by Gasteiger charge is 2.05. The predicted molar refractivity (Wildman–Crippen MR) is 112 cm³/mol. The van der Waals surface area contributed by atoms with Gasteiger partial charge in [-0.15, -0.1) is 11.3 Å². The Labute approximate surface area is 150 Å². The molecule has 0 nitrogen and oxygen atoms in total. The van der Waals surface area contributed by atoms with Crippen molar-refractivity contribution in [2.45, 2.75) is 0 Å². The second-order valence-corrected chi connectivity index (χ2v) is 7.16. The van der Waals surface area contributed by atoms with Gasteiger partial charge in [-0.3, -0.25) is 0 Å². The van der Waals surface area contributed by atoms with E-state index in [1.165, 1.54) is 42.8 Å². The third kappa shape index (κ3) is 2.45. The maximum absolute atomic E-state index is 2.29. The number of benzene rings is 4. The molecule has 4 aromatic carbocycles. The zero-order valence-electron chi connectivity index (χ0n) is 13.6. The Morgan fingerprint density at radius 1 is 0.560 bits per heavy atom. The van der Waals surface area contributed by atoms with Crippen molar-refractivity contribution in [2.24, 2.45) is 0 Å². The van der Waals surface area contributed by atoms with E-state index < -0.39 is 0 Å². The predicted octanol–water partition coefficient (Wildman–Crippen LogP) is 7.38. The Balaban J connectivity index is 1.71. The third-order valence-corrected chi connectivity index (χ3v) is 5.74. The van der Waals surface area contributed by atoms with Crippen molar-refractivity contribution in [1.29, 1.82) is 0 Å². The number of hydrogen-bond acceptors (Lipinski definition) is 1. The van der Waals surface area contributed by atoms with E-state index in [-0.39, 0.29) is 0 Å². The highest BCUT2D eigenvalue weighted by molar-refractivity contribution is 7.17. The molecule has 0 spiro atoms. The Hall–Kier alpha value is -2.90. The number of hydrogen-bond donors (Lipinski definition) is 0. The van der Waals surface area contributed by atoms with E-state index in [1.54, 1.807) is 11.3 Å². The Morgan fingerprint density at radius 2 is 1.20 bits per heavy atom. The minimum Gasteiger partial charge on any atom is -0.143 e. The molecule has 0 amide bonds. The highest BCUT2D eigenvalue weighted by Crippen LogP contribution is 2.31. The molecule has 0 N–H and O–H groups in total. The second-order valence-electron chi connectivity index (χ2n) is 6.25. The van der Waals surface area contributed by atoms with Crippen molar-refractivity contribution >= 4 is 55.1 Å². The molecule has 0 aliphatic carbocycles. The summed E-state index contributed by atoms with van der Waals surface area (Å²) >= 11 is 1.80. The lowest BCUT2D eigenvalue weighted by atomic mass is 9.96. The minimum atomic E-state index is 1.27. The lowest BCUT2D eigenvalue weighted by Crippen LogP contribution is -1.82. The molecule has 5 aromatic rings. The van der Waals surface area contributed by atoms with E-state index >= 15 is 0 Å². The molecular weight excluding hydrogens is 320 g/mol. The molecule has 0 bridgehead atoms. The summed E-state index contributed by atoms with van der Waals surface area (Å²) < 4.78 is 1.34. The topological polar surface area (TPSA) is 0 Å². The van der Waals surface area contributed by atoms with Crippen LogP contribution in [0.25, 0.3) is 43.8 Å². The van der Waals surface area contributed by atoms with Crippen LogP contribution in [0.2, 0.25) is 0 Å². The minimum absolute atomic E-state index is 1.27. The summed E-state index contributed by atoms with van der Waals surface area (Å²) in [5.41, 5.74) is 2.56. The molecule has 0 aliphatic rings. The van der Waals surface area contributed by atoms with E-state index in [4.69, 9.17) is 0 Å². The average Bonchev–Trinajstić information content (AvgIpc) is 3.09. The third-order valence-electron chi connectivity index (χ3n) is 4.75. The molecule has 0 unspecified atom stereocenters. The van der Waals surface area contributed by atoms with Crippen LogP contribution in [-0.2, 0) is 0 Å². The van der Waals surface area contributed by atoms with Gasteiger partial charge in [0.05, 0.1) is 0 Å². The molecular formula is C24H16S. The van der Waals surface area contributed by atoms with Crippen molar-refractivity contribution in [3.8, 4) is 0 Å². The van der Waals surface area contributed by atoms with Crippen molar-refractivity contribution < 1.29 is 0 Å². The first-order chi connectivity index (χ1) is 12.4. The zero-order valence-corrected chi connectivity index (χ0v) is 14.5. The Bertz CT molecular complexity index is 1240. The number of fused-ring (bicyclic) bond motifs is 4. The molecule has 25 heavy (non-hydrogen) atoms. The lowest BCUT2D eigenvalue weighted by molar-refractivity contribution is 1.74. The van der Waals surface area contributed by atoms with Crippen LogP contribution in [0.1, 0.15) is 11.1 Å². The monoisotopic (exact) mass is 336 g/mol. The first kappa shape index (κ1) is 14.4. The van der Waals surface area contributed by atoms with Gasteiger partial charge in [-0.05, 0) is 55.6 Å². The van der Waals surface area contributed by atoms with Crippen LogP contribution in [-0.4, -0.2) is 0 Å². The summed E-state index contributed by atoms with van der Waals surface area (Å²) in [6.07, 6.45) is 4.50. The van der Waals surface area contributed by atoms with Crippen molar-refractivity contribution in [2.75, 3.05) is 0 Å². The van der Waals surface area contributed by atoms with Gasteiger partial charge in [0.1, 0.15) is 0 Å². The summed E-state index contributed by atoms with van der Waals surface area (Å²) in [7, 11) is 0. The van der Waals surface area contributed by atoms with E-state index in [0.717, 1.165) is 0 Å². The van der Waals surface area contributed by atoms with Gasteiger partial charge >= 0.3 is 0 Å². The van der Waals surface area contributed by atoms with E-state index in [1.807, 2.05) is 0 Å². The van der Waals surface area contributed by atoms with Gasteiger partial charge in [0.25, 0.3) is 0 Å². The highest BCUT2D eigenvalue weighted by atomic mass is 32.1. The lowest BCUT2D eigenvalue weighted by Gasteiger charge is -2.07. The summed E-state index contributed by atoms with van der Waals surface area (Å²) in [6.45, 7) is 0. The first-order valence-electron chi connectivity index (χ1n) is 8.45. The maximum atomic E-state index is 2.29. The van der Waals surface area contributed by atoms with Gasteiger partial charge in [0.15, 0.2) is 0 Å². The molecule has 5 rings (SSSR count). The van der Waals surface area contributed by atoms with E-state index in [0.29, 0.717) is 0 Å². The average molecular weight is 336 g/mol. The molecule has 0 saturated carbocycles. The van der Waals surface area contributed by atoms with Crippen LogP contribution in [0.3, 0.4) is 0 Å². The van der Waals surface area contributed by atoms with E-state index in [2.05, 4.69) is 96.4 Å². The summed E-state index contributed by atoms with van der Waals surface area (Å²) in [4.78, 5) is 0. The van der Waals surface area contributed by atoms with Crippen LogP contribution in [0, 0.1) is 0 Å². The van der Waals surface area contributed by atoms with Crippen LogP contribution >= 0.6 is 11.3 Å². The smallest absolute Gasteiger partial charge is 0.0348 e. The van der Waals surface area contributed by atoms with Crippen LogP contribution < -0.4 is 0 Å². The molecule has 1 heterocycles. The summed E-state index contributed by atoms with van der Waals surface area (Å²) in [5.74, 6) is 0. The van der Waals surface area contributed by atoms with E-state index in [9.17, 15) is 0 Å². The fraction of sp³-hybridized carbons (Fsp3) is 0. The van der Waals surface area contributed by atoms with Gasteiger partial charge < -0.3 is 0 Å². The van der Waals surface area contributed by atoms with Gasteiger partial charge in [-0.2, -0.15) is 0 Å². The largest absolute Gasteiger partial charge is 0.143 e. The number of rotatable bonds is 2. The Kier molecular flexibility index (Phi) is 3.39. The molecule has 0 fully saturated rings. The van der Waals surface area contributed by atoms with Gasteiger partial charge in [-0.1, -0.05) is 78.9 Å². The SMILES string of the molecule is C(=C\c1cc2ccccc2c2ccccc12)/c1csc2ccccc12. The van der Waals surface area contributed by atoms with Gasteiger partial charge in [-0.25, -0.2) is 0 Å². The van der Waals surface area contributed by atoms with Gasteiger partial charge in [0.2, 0.25) is 0 Å². The van der Waals surface area contributed by atoms with Crippen molar-refractivity contribution in [3.63, 3.8) is 0 Å². The molecule has 118 valence electrons. The van der Waals surface area contributed by atoms with Gasteiger partial charge in [0, 0.05) is 4.70 Å². The molecule has 1 heteroatoms. The second kappa shape index (κ2) is 5.87. The van der Waals surface area contributed by atoms with Crippen molar-refractivity contribution in [1.82, 2.24) is 0 Å². The molecule has 0 atom stereocenters. The number of thiophene rings is 1. The van der Waals surface area contributed by atoms with Crippen LogP contribution in [0.15, 0.2) is 84.2 Å². The van der Waals surface area contributed by atoms with Crippen LogP contribution in [0.5, 0.6) is 0 Å². The van der Waals surface area contributed by atoms with Crippen LogP contribution in [0.4, 0.5) is 0 Å². The normalized spacial score (nSPS) is 11.8. The molecule has 0 radical (unpaired) electrons. The quantitative estimate of drug-likeness (QED) is 0.295. The molecule has 0 saturated heterocycles. The Morgan fingerprint density at radius 3 is 2.08 bits per heavy atom. The standard InChI is InChI=1S/C24H16S/c1-2-8-20-17(7-1)15-18(21-9-3-4-11-23(20)21)13-14-19-16-25-24-12-6-5-10-22(19)24/h1-16H/b14-13+.